The van der Waals surface area contributed by atoms with Gasteiger partial charge in [-0.15, -0.1) is 0 Å². The van der Waals surface area contributed by atoms with Gasteiger partial charge in [0.25, 0.3) is 0 Å². The van der Waals surface area contributed by atoms with E-state index in [2.05, 4.69) is 9.82 Å². The van der Waals surface area contributed by atoms with E-state index in [1.807, 2.05) is 37.3 Å². The fourth-order valence-electron chi connectivity index (χ4n) is 3.04. The number of nitrogens with zero attached hydrogens (tertiary/aromatic N) is 2. The Kier molecular flexibility index (Phi) is 5.81. The van der Waals surface area contributed by atoms with Gasteiger partial charge in [0.1, 0.15) is 0 Å². The summed E-state index contributed by atoms with van der Waals surface area (Å²) in [5, 5.41) is 4.46. The number of nitrogens with one attached hydrogen (secondary N) is 1. The minimum atomic E-state index is -4.52. The van der Waals surface area contributed by atoms with Crippen LogP contribution in [0.25, 0.3) is 5.69 Å². The van der Waals surface area contributed by atoms with Crippen molar-refractivity contribution in [1.82, 2.24) is 14.5 Å². The third-order valence-electron chi connectivity index (χ3n) is 4.52. The second kappa shape index (κ2) is 8.00. The number of halogens is 3. The zero-order valence-corrected chi connectivity index (χ0v) is 16.7. The molecule has 3 rings (SSSR count). The maximum absolute atomic E-state index is 12.8. The molecular formula is C20H20F3N3O2S. The van der Waals surface area contributed by atoms with Crippen LogP contribution >= 0.6 is 0 Å². The third-order valence-corrected chi connectivity index (χ3v) is 5.82. The molecule has 0 saturated carbocycles. The fourth-order valence-corrected chi connectivity index (χ4v) is 4.13. The predicted molar refractivity (Wildman–Crippen MR) is 104 cm³/mol. The number of para-hydroxylation sites is 1. The Bertz CT molecular complexity index is 1110. The van der Waals surface area contributed by atoms with Crippen molar-refractivity contribution in [1.29, 1.82) is 0 Å². The van der Waals surface area contributed by atoms with Gasteiger partial charge in [0.05, 0.1) is 22.7 Å². The van der Waals surface area contributed by atoms with Gasteiger partial charge in [-0.2, -0.15) is 18.3 Å². The summed E-state index contributed by atoms with van der Waals surface area (Å²) in [6.45, 7) is 3.62. The topological polar surface area (TPSA) is 64.0 Å². The third kappa shape index (κ3) is 5.04. The normalized spacial score (nSPS) is 12.3. The average Bonchev–Trinajstić information content (AvgIpc) is 2.94. The molecule has 0 radical (unpaired) electrons. The van der Waals surface area contributed by atoms with E-state index in [4.69, 9.17) is 0 Å². The van der Waals surface area contributed by atoms with Gasteiger partial charge in [-0.25, -0.2) is 17.8 Å². The lowest BCUT2D eigenvalue weighted by atomic mass is 10.1. The summed E-state index contributed by atoms with van der Waals surface area (Å²) in [7, 11) is -3.84. The molecule has 0 aliphatic carbocycles. The SMILES string of the molecule is Cc1nn(-c2ccccc2)c(C)c1CNS(=O)(=O)Cc1cccc(C(F)(F)F)c1. The van der Waals surface area contributed by atoms with Crippen molar-refractivity contribution < 1.29 is 21.6 Å². The van der Waals surface area contributed by atoms with Gasteiger partial charge in [0, 0.05) is 17.8 Å². The van der Waals surface area contributed by atoms with Crippen LogP contribution in [0, 0.1) is 13.8 Å². The Hall–Kier alpha value is -2.65. The van der Waals surface area contributed by atoms with E-state index in [1.54, 1.807) is 11.6 Å². The quantitative estimate of drug-likeness (QED) is 0.649. The van der Waals surface area contributed by atoms with Crippen LogP contribution in [-0.4, -0.2) is 18.2 Å². The lowest BCUT2D eigenvalue weighted by Gasteiger charge is -2.10. The van der Waals surface area contributed by atoms with Crippen LogP contribution in [0.2, 0.25) is 0 Å². The molecular weight excluding hydrogens is 403 g/mol. The van der Waals surface area contributed by atoms with Gasteiger partial charge in [-0.05, 0) is 37.6 Å². The largest absolute Gasteiger partial charge is 0.416 e. The predicted octanol–water partition coefficient (Wildman–Crippen LogP) is 4.13. The van der Waals surface area contributed by atoms with Gasteiger partial charge in [-0.3, -0.25) is 0 Å². The molecule has 1 N–H and O–H groups in total. The highest BCUT2D eigenvalue weighted by Gasteiger charge is 2.30. The molecule has 9 heteroatoms. The zero-order chi connectivity index (χ0) is 21.2. The highest BCUT2D eigenvalue weighted by molar-refractivity contribution is 7.88. The summed E-state index contributed by atoms with van der Waals surface area (Å²) < 4.78 is 67.5. The van der Waals surface area contributed by atoms with Crippen molar-refractivity contribution in [2.75, 3.05) is 0 Å². The van der Waals surface area contributed by atoms with Gasteiger partial charge in [0.15, 0.2) is 0 Å². The highest BCUT2D eigenvalue weighted by Crippen LogP contribution is 2.29. The lowest BCUT2D eigenvalue weighted by molar-refractivity contribution is -0.137. The molecule has 3 aromatic rings. The first-order valence-corrected chi connectivity index (χ1v) is 10.5. The molecule has 154 valence electrons. The number of hydrogen-bond donors (Lipinski definition) is 1. The number of aromatic nitrogens is 2. The van der Waals surface area contributed by atoms with E-state index in [9.17, 15) is 21.6 Å². The molecule has 29 heavy (non-hydrogen) atoms. The summed E-state index contributed by atoms with van der Waals surface area (Å²) in [6.07, 6.45) is -4.52. The van der Waals surface area contributed by atoms with Crippen molar-refractivity contribution >= 4 is 10.0 Å². The molecule has 1 heterocycles. The minimum absolute atomic E-state index is 0.00575. The van der Waals surface area contributed by atoms with E-state index < -0.39 is 27.5 Å². The van der Waals surface area contributed by atoms with Crippen molar-refractivity contribution in [2.45, 2.75) is 32.3 Å². The highest BCUT2D eigenvalue weighted by atomic mass is 32.2. The van der Waals surface area contributed by atoms with E-state index in [1.165, 1.54) is 12.1 Å². The number of alkyl halides is 3. The van der Waals surface area contributed by atoms with Crippen molar-refractivity contribution in [3.63, 3.8) is 0 Å². The molecule has 0 saturated heterocycles. The van der Waals surface area contributed by atoms with Crippen LogP contribution in [0.15, 0.2) is 54.6 Å². The van der Waals surface area contributed by atoms with Crippen LogP contribution < -0.4 is 4.72 Å². The Morgan fingerprint density at radius 1 is 1.03 bits per heavy atom. The van der Waals surface area contributed by atoms with Gasteiger partial charge < -0.3 is 0 Å². The first kappa shape index (κ1) is 21.1. The molecule has 0 fully saturated rings. The Morgan fingerprint density at radius 3 is 2.38 bits per heavy atom. The maximum Gasteiger partial charge on any atom is 0.416 e. The first-order valence-electron chi connectivity index (χ1n) is 8.81. The number of sulfonamides is 1. The second-order valence-corrected chi connectivity index (χ2v) is 8.48. The van der Waals surface area contributed by atoms with Crippen LogP contribution in [-0.2, 0) is 28.5 Å². The Labute approximate surface area is 167 Å². The van der Waals surface area contributed by atoms with Gasteiger partial charge >= 0.3 is 6.18 Å². The first-order chi connectivity index (χ1) is 13.6. The molecule has 0 bridgehead atoms. The van der Waals surface area contributed by atoms with E-state index in [0.29, 0.717) is 5.69 Å². The van der Waals surface area contributed by atoms with E-state index >= 15 is 0 Å². The molecule has 0 aliphatic rings. The van der Waals surface area contributed by atoms with E-state index in [0.717, 1.165) is 29.1 Å². The fraction of sp³-hybridized carbons (Fsp3) is 0.250. The molecule has 0 aliphatic heterocycles. The molecule has 0 unspecified atom stereocenters. The van der Waals surface area contributed by atoms with Crippen molar-refractivity contribution in [2.24, 2.45) is 0 Å². The smallest absolute Gasteiger partial charge is 0.238 e. The van der Waals surface area contributed by atoms with Crippen LogP contribution in [0.3, 0.4) is 0 Å². The van der Waals surface area contributed by atoms with Crippen molar-refractivity contribution in [3.05, 3.63) is 82.7 Å². The monoisotopic (exact) mass is 423 g/mol. The number of hydrogen-bond acceptors (Lipinski definition) is 3. The minimum Gasteiger partial charge on any atom is -0.238 e. The Morgan fingerprint density at radius 2 is 1.72 bits per heavy atom. The number of rotatable bonds is 6. The standard InChI is InChI=1S/C20H20F3N3O2S/c1-14-19(15(2)26(25-14)18-9-4-3-5-10-18)12-24-29(27,28)13-16-7-6-8-17(11-16)20(21,22)23/h3-11,24H,12-13H2,1-2H3. The summed E-state index contributed by atoms with van der Waals surface area (Å²) >= 11 is 0. The summed E-state index contributed by atoms with van der Waals surface area (Å²) in [4.78, 5) is 0. The summed E-state index contributed by atoms with van der Waals surface area (Å²) in [6, 6.07) is 13.7. The zero-order valence-electron chi connectivity index (χ0n) is 15.9. The van der Waals surface area contributed by atoms with Crippen molar-refractivity contribution in [3.8, 4) is 5.69 Å². The molecule has 2 aromatic carbocycles. The Balaban J connectivity index is 1.75. The van der Waals surface area contributed by atoms with Gasteiger partial charge in [-0.1, -0.05) is 36.4 Å². The molecule has 0 atom stereocenters. The van der Waals surface area contributed by atoms with Crippen LogP contribution in [0.1, 0.15) is 28.1 Å². The van der Waals surface area contributed by atoms with E-state index in [-0.39, 0.29) is 12.1 Å². The van der Waals surface area contributed by atoms with Gasteiger partial charge in [0.2, 0.25) is 10.0 Å². The average molecular weight is 423 g/mol. The second-order valence-electron chi connectivity index (χ2n) is 6.68. The maximum atomic E-state index is 12.8. The number of benzene rings is 2. The summed E-state index contributed by atoms with van der Waals surface area (Å²) in [5.41, 5.74) is 2.23. The molecule has 1 aromatic heterocycles. The van der Waals surface area contributed by atoms with Crippen LogP contribution in [0.5, 0.6) is 0 Å². The molecule has 5 nitrogen and oxygen atoms in total. The van der Waals surface area contributed by atoms with Crippen LogP contribution in [0.4, 0.5) is 13.2 Å². The molecule has 0 amide bonds. The lowest BCUT2D eigenvalue weighted by Crippen LogP contribution is -2.25. The molecule has 0 spiro atoms. The number of aryl methyl sites for hydroxylation is 1. The summed E-state index contributed by atoms with van der Waals surface area (Å²) in [5.74, 6) is -0.540.